The average Bonchev–Trinajstić information content (AvgIpc) is 2.51. The molecule has 3 aliphatic carbocycles. The average molecular weight is 318 g/mol. The zero-order valence-corrected chi connectivity index (χ0v) is 14.4. The van der Waals surface area contributed by atoms with Gasteiger partial charge in [-0.3, -0.25) is 0 Å². The lowest BCUT2D eigenvalue weighted by molar-refractivity contribution is 0.130. The van der Waals surface area contributed by atoms with E-state index in [2.05, 4.69) is 0 Å². The van der Waals surface area contributed by atoms with Crippen LogP contribution >= 0.6 is 0 Å². The van der Waals surface area contributed by atoms with Crippen LogP contribution < -0.4 is 6.15 Å². The molecular weight excluding hydrogens is 278 g/mol. The van der Waals surface area contributed by atoms with Gasteiger partial charge < -0.3 is 21.5 Å². The van der Waals surface area contributed by atoms with E-state index >= 15 is 0 Å². The van der Waals surface area contributed by atoms with Crippen molar-refractivity contribution in [3.63, 3.8) is 0 Å². The van der Waals surface area contributed by atoms with Crippen molar-refractivity contribution in [2.45, 2.75) is 115 Å². The standard InChI is InChI=1S/3C6H12O.H3N/c3*7-6-4-2-1-3-5-6;/h3*6-7H,1-5H2;1H3. The molecule has 134 valence electrons. The minimum atomic E-state index is 0. The van der Waals surface area contributed by atoms with Gasteiger partial charge in [0.25, 0.3) is 0 Å². The largest absolute Gasteiger partial charge is 0.393 e. The first-order chi connectivity index (χ1) is 10.2. The highest BCUT2D eigenvalue weighted by Crippen LogP contribution is 2.17. The predicted molar refractivity (Wildman–Crippen MR) is 92.3 cm³/mol. The van der Waals surface area contributed by atoms with E-state index in [0.717, 1.165) is 38.5 Å². The summed E-state index contributed by atoms with van der Waals surface area (Å²) in [5.41, 5.74) is 0. The Balaban J connectivity index is 0.000000294. The molecule has 4 nitrogen and oxygen atoms in total. The number of hydrogen-bond acceptors (Lipinski definition) is 4. The Kier molecular flexibility index (Phi) is 14.3. The van der Waals surface area contributed by atoms with Crippen molar-refractivity contribution in [3.05, 3.63) is 0 Å². The van der Waals surface area contributed by atoms with E-state index in [0.29, 0.717) is 0 Å². The lowest BCUT2D eigenvalue weighted by Crippen LogP contribution is -2.09. The van der Waals surface area contributed by atoms with Crippen LogP contribution in [0, 0.1) is 0 Å². The molecule has 4 heteroatoms. The molecule has 0 amide bonds. The second-order valence-electron chi connectivity index (χ2n) is 6.88. The van der Waals surface area contributed by atoms with E-state index in [-0.39, 0.29) is 24.5 Å². The lowest BCUT2D eigenvalue weighted by atomic mass is 9.98. The summed E-state index contributed by atoms with van der Waals surface area (Å²) in [6, 6.07) is 0. The van der Waals surface area contributed by atoms with Crippen molar-refractivity contribution < 1.29 is 15.3 Å². The molecule has 6 N–H and O–H groups in total. The molecule has 3 aliphatic rings. The van der Waals surface area contributed by atoms with E-state index < -0.39 is 0 Å². The minimum Gasteiger partial charge on any atom is -0.393 e. The van der Waals surface area contributed by atoms with Gasteiger partial charge in [-0.25, -0.2) is 0 Å². The van der Waals surface area contributed by atoms with Crippen LogP contribution in [0.5, 0.6) is 0 Å². The molecule has 0 aliphatic heterocycles. The Morgan fingerprint density at radius 2 is 0.545 bits per heavy atom. The first-order valence-corrected chi connectivity index (χ1v) is 9.22. The topological polar surface area (TPSA) is 95.7 Å². The summed E-state index contributed by atoms with van der Waals surface area (Å²) in [5, 5.41) is 26.7. The van der Waals surface area contributed by atoms with Crippen LogP contribution in [0.25, 0.3) is 0 Å². The van der Waals surface area contributed by atoms with Crippen molar-refractivity contribution in [1.29, 1.82) is 0 Å². The smallest absolute Gasteiger partial charge is 0.0540 e. The fourth-order valence-electron chi connectivity index (χ4n) is 3.24. The molecule has 0 unspecified atom stereocenters. The van der Waals surface area contributed by atoms with Gasteiger partial charge in [0.05, 0.1) is 18.3 Å². The Labute approximate surface area is 136 Å². The second-order valence-corrected chi connectivity index (χ2v) is 6.88. The third-order valence-electron chi connectivity index (χ3n) is 4.72. The predicted octanol–water partition coefficient (Wildman–Crippen LogP) is 4.10. The normalized spacial score (nSPS) is 24.1. The molecule has 0 aromatic rings. The van der Waals surface area contributed by atoms with Crippen molar-refractivity contribution >= 4 is 0 Å². The molecule has 22 heavy (non-hydrogen) atoms. The maximum atomic E-state index is 8.91. The Morgan fingerprint density at radius 1 is 0.364 bits per heavy atom. The van der Waals surface area contributed by atoms with Gasteiger partial charge >= 0.3 is 0 Å². The fraction of sp³-hybridized carbons (Fsp3) is 1.00. The van der Waals surface area contributed by atoms with Crippen LogP contribution in [0.4, 0.5) is 0 Å². The van der Waals surface area contributed by atoms with Gasteiger partial charge in [0, 0.05) is 0 Å². The van der Waals surface area contributed by atoms with Crippen LogP contribution in [0.15, 0.2) is 0 Å². The van der Waals surface area contributed by atoms with E-state index in [1.54, 1.807) is 0 Å². The van der Waals surface area contributed by atoms with Gasteiger partial charge in [-0.05, 0) is 38.5 Å². The molecule has 0 aromatic heterocycles. The Bertz CT molecular complexity index is 182. The molecule has 0 heterocycles. The molecule has 0 radical (unpaired) electrons. The first kappa shape index (κ1) is 21.8. The summed E-state index contributed by atoms with van der Waals surface area (Å²) in [6.45, 7) is 0. The van der Waals surface area contributed by atoms with Crippen LogP contribution in [-0.2, 0) is 0 Å². The summed E-state index contributed by atoms with van der Waals surface area (Å²) >= 11 is 0. The molecule has 0 bridgehead atoms. The maximum absolute atomic E-state index is 8.91. The molecule has 0 atom stereocenters. The SMILES string of the molecule is N.OC1CCCCC1.OC1CCCCC1.OC1CCCCC1. The molecule has 0 saturated heterocycles. The number of aliphatic hydroxyl groups excluding tert-OH is 3. The summed E-state index contributed by atoms with van der Waals surface area (Å²) < 4.78 is 0. The van der Waals surface area contributed by atoms with Crippen molar-refractivity contribution in [2.75, 3.05) is 0 Å². The third-order valence-corrected chi connectivity index (χ3v) is 4.72. The molecule has 3 rings (SSSR count). The Morgan fingerprint density at radius 3 is 0.636 bits per heavy atom. The van der Waals surface area contributed by atoms with E-state index in [9.17, 15) is 0 Å². The molecule has 3 saturated carbocycles. The fourth-order valence-corrected chi connectivity index (χ4v) is 3.24. The molecule has 0 spiro atoms. The Hall–Kier alpha value is -0.160. The second kappa shape index (κ2) is 14.4. The van der Waals surface area contributed by atoms with Crippen LogP contribution in [-0.4, -0.2) is 33.6 Å². The summed E-state index contributed by atoms with van der Waals surface area (Å²) in [6.07, 6.45) is 17.8. The molecular formula is C18H39NO3. The minimum absolute atomic E-state index is 0. The summed E-state index contributed by atoms with van der Waals surface area (Å²) in [7, 11) is 0. The highest BCUT2D eigenvalue weighted by atomic mass is 16.3. The van der Waals surface area contributed by atoms with Crippen LogP contribution in [0.1, 0.15) is 96.3 Å². The van der Waals surface area contributed by atoms with Gasteiger partial charge in [-0.1, -0.05) is 57.8 Å². The van der Waals surface area contributed by atoms with Crippen LogP contribution in [0.2, 0.25) is 0 Å². The zero-order chi connectivity index (χ0) is 15.3. The van der Waals surface area contributed by atoms with Crippen molar-refractivity contribution in [2.24, 2.45) is 0 Å². The van der Waals surface area contributed by atoms with Gasteiger partial charge in [0.15, 0.2) is 0 Å². The van der Waals surface area contributed by atoms with Gasteiger partial charge in [0.1, 0.15) is 0 Å². The van der Waals surface area contributed by atoms with E-state index in [1.165, 1.54) is 57.8 Å². The van der Waals surface area contributed by atoms with Crippen molar-refractivity contribution in [1.82, 2.24) is 6.15 Å². The maximum Gasteiger partial charge on any atom is 0.0540 e. The number of aliphatic hydroxyl groups is 3. The van der Waals surface area contributed by atoms with E-state index in [1.807, 2.05) is 0 Å². The first-order valence-electron chi connectivity index (χ1n) is 9.22. The van der Waals surface area contributed by atoms with Gasteiger partial charge in [-0.15, -0.1) is 0 Å². The van der Waals surface area contributed by atoms with Crippen molar-refractivity contribution in [3.8, 4) is 0 Å². The molecule has 3 fully saturated rings. The van der Waals surface area contributed by atoms with Gasteiger partial charge in [0.2, 0.25) is 0 Å². The van der Waals surface area contributed by atoms with E-state index in [4.69, 9.17) is 15.3 Å². The summed E-state index contributed by atoms with van der Waals surface area (Å²) in [5.74, 6) is 0. The lowest BCUT2D eigenvalue weighted by Gasteiger charge is -2.14. The quantitative estimate of drug-likeness (QED) is 0.541. The third kappa shape index (κ3) is 12.4. The number of rotatable bonds is 0. The summed E-state index contributed by atoms with van der Waals surface area (Å²) in [4.78, 5) is 0. The zero-order valence-electron chi connectivity index (χ0n) is 14.4. The van der Waals surface area contributed by atoms with Crippen LogP contribution in [0.3, 0.4) is 0 Å². The highest BCUT2D eigenvalue weighted by Gasteiger charge is 2.08. The van der Waals surface area contributed by atoms with Gasteiger partial charge in [-0.2, -0.15) is 0 Å². The number of hydrogen-bond donors (Lipinski definition) is 4. The highest BCUT2D eigenvalue weighted by molar-refractivity contribution is 4.62. The molecule has 0 aromatic carbocycles. The monoisotopic (exact) mass is 317 g/mol.